The van der Waals surface area contributed by atoms with Gasteiger partial charge in [0, 0.05) is 9.75 Å². The highest BCUT2D eigenvalue weighted by Gasteiger charge is 2.50. The molecule has 2 unspecified atom stereocenters. The zero-order chi connectivity index (χ0) is 12.1. The van der Waals surface area contributed by atoms with Gasteiger partial charge in [0.1, 0.15) is 0 Å². The van der Waals surface area contributed by atoms with E-state index in [0.29, 0.717) is 11.3 Å². The van der Waals surface area contributed by atoms with Crippen LogP contribution < -0.4 is 0 Å². The van der Waals surface area contributed by atoms with E-state index in [-0.39, 0.29) is 11.5 Å². The van der Waals surface area contributed by atoms with E-state index in [4.69, 9.17) is 0 Å². The summed E-state index contributed by atoms with van der Waals surface area (Å²) in [5.41, 5.74) is 0.535. The molecule has 1 aliphatic rings. The van der Waals surface area contributed by atoms with Crippen molar-refractivity contribution in [1.29, 1.82) is 0 Å². The molecule has 90 valence electrons. The average molecular weight is 238 g/mol. The fraction of sp³-hybridized carbons (Fsp3) is 0.714. The first-order valence-electron chi connectivity index (χ1n) is 6.00. The van der Waals surface area contributed by atoms with E-state index in [1.54, 1.807) is 11.3 Å². The van der Waals surface area contributed by atoms with Gasteiger partial charge in [-0.2, -0.15) is 0 Å². The molecule has 0 amide bonds. The summed E-state index contributed by atoms with van der Waals surface area (Å²) in [6.45, 7) is 11.1. The third-order valence-electron chi connectivity index (χ3n) is 3.63. The lowest BCUT2D eigenvalue weighted by Gasteiger charge is -2.16. The van der Waals surface area contributed by atoms with Crippen molar-refractivity contribution in [3.63, 3.8) is 0 Å². The van der Waals surface area contributed by atoms with Crippen LogP contribution >= 0.6 is 11.3 Å². The van der Waals surface area contributed by atoms with Crippen molar-refractivity contribution in [2.24, 2.45) is 11.3 Å². The molecule has 0 saturated heterocycles. The van der Waals surface area contributed by atoms with Gasteiger partial charge in [-0.1, -0.05) is 34.6 Å². The number of aliphatic hydroxyl groups excluding tert-OH is 1. The van der Waals surface area contributed by atoms with Crippen LogP contribution in [0, 0.1) is 11.3 Å². The van der Waals surface area contributed by atoms with Crippen LogP contribution in [0.2, 0.25) is 0 Å². The lowest BCUT2D eigenvalue weighted by atomic mass is 9.95. The molecule has 0 spiro atoms. The van der Waals surface area contributed by atoms with Crippen molar-refractivity contribution in [3.8, 4) is 0 Å². The Morgan fingerprint density at radius 1 is 1.38 bits per heavy atom. The molecule has 0 aromatic carbocycles. The van der Waals surface area contributed by atoms with Crippen LogP contribution in [-0.4, -0.2) is 5.11 Å². The molecule has 0 radical (unpaired) electrons. The molecule has 1 aromatic rings. The van der Waals surface area contributed by atoms with E-state index in [1.807, 2.05) is 0 Å². The molecule has 1 saturated carbocycles. The van der Waals surface area contributed by atoms with Gasteiger partial charge >= 0.3 is 0 Å². The molecule has 2 heteroatoms. The molecule has 1 nitrogen and oxygen atoms in total. The van der Waals surface area contributed by atoms with Gasteiger partial charge < -0.3 is 5.11 Å². The highest BCUT2D eigenvalue weighted by Crippen LogP contribution is 2.58. The maximum Gasteiger partial charge on any atom is 0.0915 e. The number of aliphatic hydroxyl groups is 1. The van der Waals surface area contributed by atoms with Gasteiger partial charge in [-0.3, -0.25) is 0 Å². The van der Waals surface area contributed by atoms with Crippen molar-refractivity contribution >= 4 is 11.3 Å². The first kappa shape index (κ1) is 12.1. The van der Waals surface area contributed by atoms with Crippen molar-refractivity contribution < 1.29 is 5.11 Å². The van der Waals surface area contributed by atoms with Gasteiger partial charge in [0.15, 0.2) is 0 Å². The molecule has 16 heavy (non-hydrogen) atoms. The lowest BCUT2D eigenvalue weighted by Crippen LogP contribution is -2.08. The van der Waals surface area contributed by atoms with E-state index < -0.39 is 0 Å². The van der Waals surface area contributed by atoms with Crippen molar-refractivity contribution in [2.45, 2.75) is 52.6 Å². The molecule has 1 aliphatic carbocycles. The number of hydrogen-bond acceptors (Lipinski definition) is 2. The normalized spacial score (nSPS) is 25.5. The monoisotopic (exact) mass is 238 g/mol. The Morgan fingerprint density at radius 2 is 1.94 bits per heavy atom. The predicted octanol–water partition coefficient (Wildman–Crippen LogP) is 4.13. The van der Waals surface area contributed by atoms with Crippen LogP contribution in [0.25, 0.3) is 0 Å². The molecule has 2 rings (SSSR count). The third kappa shape index (κ3) is 2.18. The van der Waals surface area contributed by atoms with Crippen LogP contribution in [-0.2, 0) is 5.41 Å². The fourth-order valence-corrected chi connectivity index (χ4v) is 3.28. The average Bonchev–Trinajstić information content (AvgIpc) is 2.65. The van der Waals surface area contributed by atoms with Gasteiger partial charge in [0.25, 0.3) is 0 Å². The molecule has 1 fully saturated rings. The highest BCUT2D eigenvalue weighted by molar-refractivity contribution is 7.12. The molecule has 0 bridgehead atoms. The van der Waals surface area contributed by atoms with E-state index in [9.17, 15) is 5.11 Å². The number of rotatable bonds is 2. The topological polar surface area (TPSA) is 20.2 Å². The van der Waals surface area contributed by atoms with Crippen LogP contribution in [0.4, 0.5) is 0 Å². The largest absolute Gasteiger partial charge is 0.387 e. The van der Waals surface area contributed by atoms with Crippen LogP contribution in [0.3, 0.4) is 0 Å². The van der Waals surface area contributed by atoms with Gasteiger partial charge in [-0.15, -0.1) is 11.3 Å². The summed E-state index contributed by atoms with van der Waals surface area (Å²) in [7, 11) is 0. The summed E-state index contributed by atoms with van der Waals surface area (Å²) >= 11 is 1.77. The molecule has 1 N–H and O–H groups in total. The molecular weight excluding hydrogens is 216 g/mol. The Labute approximate surface area is 103 Å². The van der Waals surface area contributed by atoms with Gasteiger partial charge in [0.2, 0.25) is 0 Å². The molecule has 1 aromatic heterocycles. The van der Waals surface area contributed by atoms with Crippen LogP contribution in [0.15, 0.2) is 12.1 Å². The van der Waals surface area contributed by atoms with Crippen LogP contribution in [0.1, 0.15) is 56.9 Å². The van der Waals surface area contributed by atoms with Crippen molar-refractivity contribution in [3.05, 3.63) is 21.9 Å². The third-order valence-corrected chi connectivity index (χ3v) is 5.21. The Bertz CT molecular complexity index is 384. The predicted molar refractivity (Wildman–Crippen MR) is 69.9 cm³/mol. The Balaban J connectivity index is 2.14. The summed E-state index contributed by atoms with van der Waals surface area (Å²) in [6, 6.07) is 4.27. The molecule has 1 heterocycles. The Morgan fingerprint density at radius 3 is 2.31 bits per heavy atom. The van der Waals surface area contributed by atoms with Crippen molar-refractivity contribution in [1.82, 2.24) is 0 Å². The SMILES string of the molecule is CC(C)(C)c1ccc(C(O)C2CC2(C)C)s1. The van der Waals surface area contributed by atoms with E-state index >= 15 is 0 Å². The molecule has 2 atom stereocenters. The summed E-state index contributed by atoms with van der Waals surface area (Å²) < 4.78 is 0. The lowest BCUT2D eigenvalue weighted by molar-refractivity contribution is 0.142. The van der Waals surface area contributed by atoms with Gasteiger partial charge in [-0.25, -0.2) is 0 Å². The zero-order valence-electron chi connectivity index (χ0n) is 10.9. The minimum atomic E-state index is -0.254. The Hall–Kier alpha value is -0.340. The maximum absolute atomic E-state index is 10.3. The maximum atomic E-state index is 10.3. The first-order chi connectivity index (χ1) is 7.22. The minimum Gasteiger partial charge on any atom is -0.387 e. The second kappa shape index (κ2) is 3.58. The first-order valence-corrected chi connectivity index (χ1v) is 6.82. The smallest absolute Gasteiger partial charge is 0.0915 e. The van der Waals surface area contributed by atoms with Gasteiger partial charge in [-0.05, 0) is 35.3 Å². The summed E-state index contributed by atoms with van der Waals surface area (Å²) in [4.78, 5) is 2.50. The summed E-state index contributed by atoms with van der Waals surface area (Å²) in [6.07, 6.45) is 0.896. The van der Waals surface area contributed by atoms with E-state index in [0.717, 1.165) is 11.3 Å². The molecule has 0 aliphatic heterocycles. The second-order valence-corrected chi connectivity index (χ2v) is 7.81. The highest BCUT2D eigenvalue weighted by atomic mass is 32.1. The minimum absolute atomic E-state index is 0.196. The second-order valence-electron chi connectivity index (χ2n) is 6.70. The van der Waals surface area contributed by atoms with E-state index in [1.165, 1.54) is 4.88 Å². The van der Waals surface area contributed by atoms with E-state index in [2.05, 4.69) is 46.8 Å². The number of hydrogen-bond donors (Lipinski definition) is 1. The quantitative estimate of drug-likeness (QED) is 0.821. The fourth-order valence-electron chi connectivity index (χ4n) is 2.16. The summed E-state index contributed by atoms with van der Waals surface area (Å²) in [5.74, 6) is 0.457. The van der Waals surface area contributed by atoms with Gasteiger partial charge in [0.05, 0.1) is 6.10 Å². The Kier molecular flexibility index (Phi) is 2.71. The molecular formula is C14H22OS. The number of thiophene rings is 1. The zero-order valence-corrected chi connectivity index (χ0v) is 11.7. The summed E-state index contributed by atoms with van der Waals surface area (Å²) in [5, 5.41) is 10.3. The standard InChI is InChI=1S/C14H22OS/c1-13(2,3)11-7-6-10(16-11)12(15)9-8-14(9,4)5/h6-7,9,12,15H,8H2,1-5H3. The van der Waals surface area contributed by atoms with Crippen molar-refractivity contribution in [2.75, 3.05) is 0 Å². The van der Waals surface area contributed by atoms with Crippen LogP contribution in [0.5, 0.6) is 0 Å².